The van der Waals surface area contributed by atoms with Gasteiger partial charge in [0.2, 0.25) is 0 Å². The maximum Gasteiger partial charge on any atom is 0.270 e. The van der Waals surface area contributed by atoms with E-state index >= 15 is 0 Å². The standard InChI is InChI=1S/C20H27N5O2S/c26-19(22-6-9-24-7-2-1-3-8-24)17-15-28-20(23-17)16-4-5-21-18(14-16)25-10-12-27-13-11-25/h4-5,14-15H,1-3,6-13H2,(H,22,26). The van der Waals surface area contributed by atoms with Gasteiger partial charge in [-0.3, -0.25) is 4.79 Å². The van der Waals surface area contributed by atoms with E-state index in [0.717, 1.165) is 62.3 Å². The highest BCUT2D eigenvalue weighted by Gasteiger charge is 2.16. The van der Waals surface area contributed by atoms with Crippen LogP contribution in [0, 0.1) is 0 Å². The average molecular weight is 402 g/mol. The lowest BCUT2D eigenvalue weighted by Gasteiger charge is -2.27. The molecule has 0 atom stereocenters. The Morgan fingerprint density at radius 2 is 2.00 bits per heavy atom. The van der Waals surface area contributed by atoms with Gasteiger partial charge in [0.15, 0.2) is 0 Å². The quantitative estimate of drug-likeness (QED) is 0.801. The monoisotopic (exact) mass is 401 g/mol. The van der Waals surface area contributed by atoms with Crippen molar-refractivity contribution in [3.8, 4) is 10.6 Å². The van der Waals surface area contributed by atoms with Crippen LogP contribution < -0.4 is 10.2 Å². The molecule has 2 aliphatic heterocycles. The van der Waals surface area contributed by atoms with E-state index in [4.69, 9.17) is 4.74 Å². The Balaban J connectivity index is 1.35. The van der Waals surface area contributed by atoms with Gasteiger partial charge in [-0.15, -0.1) is 11.3 Å². The molecular formula is C20H27N5O2S. The number of thiazole rings is 1. The molecule has 0 unspecified atom stereocenters. The molecule has 2 aromatic heterocycles. The third-order valence-electron chi connectivity index (χ3n) is 5.23. The van der Waals surface area contributed by atoms with Crippen molar-refractivity contribution in [1.29, 1.82) is 0 Å². The predicted molar refractivity (Wildman–Crippen MR) is 111 cm³/mol. The molecule has 0 aliphatic carbocycles. The number of nitrogens with zero attached hydrogens (tertiary/aromatic N) is 4. The highest BCUT2D eigenvalue weighted by atomic mass is 32.1. The van der Waals surface area contributed by atoms with Crippen LogP contribution in [-0.4, -0.2) is 73.3 Å². The lowest BCUT2D eigenvalue weighted by atomic mass is 10.1. The number of rotatable bonds is 6. The highest BCUT2D eigenvalue weighted by Crippen LogP contribution is 2.26. The van der Waals surface area contributed by atoms with E-state index in [2.05, 4.69) is 25.1 Å². The number of carbonyl (C=O) groups excluding carboxylic acids is 1. The van der Waals surface area contributed by atoms with Gasteiger partial charge in [0, 0.05) is 43.3 Å². The first-order chi connectivity index (χ1) is 13.8. The van der Waals surface area contributed by atoms with Gasteiger partial charge in [-0.05, 0) is 38.1 Å². The number of morpholine rings is 1. The Hall–Kier alpha value is -2.03. The van der Waals surface area contributed by atoms with Crippen LogP contribution in [0.5, 0.6) is 0 Å². The molecular weight excluding hydrogens is 374 g/mol. The molecule has 0 spiro atoms. The van der Waals surface area contributed by atoms with Gasteiger partial charge >= 0.3 is 0 Å². The van der Waals surface area contributed by atoms with Crippen molar-refractivity contribution in [2.24, 2.45) is 0 Å². The van der Waals surface area contributed by atoms with Gasteiger partial charge in [0.1, 0.15) is 16.5 Å². The summed E-state index contributed by atoms with van der Waals surface area (Å²) in [6.45, 7) is 7.01. The molecule has 0 saturated carbocycles. The van der Waals surface area contributed by atoms with Crippen LogP contribution in [0.4, 0.5) is 5.82 Å². The third-order valence-corrected chi connectivity index (χ3v) is 6.12. The van der Waals surface area contributed by atoms with Crippen molar-refractivity contribution < 1.29 is 9.53 Å². The molecule has 0 aromatic carbocycles. The number of aromatic nitrogens is 2. The summed E-state index contributed by atoms with van der Waals surface area (Å²) in [5, 5.41) is 5.68. The van der Waals surface area contributed by atoms with Crippen LogP contribution in [0.1, 0.15) is 29.8 Å². The van der Waals surface area contributed by atoms with Crippen LogP contribution in [0.3, 0.4) is 0 Å². The molecule has 2 saturated heterocycles. The third kappa shape index (κ3) is 4.87. The summed E-state index contributed by atoms with van der Waals surface area (Å²) < 4.78 is 5.41. The van der Waals surface area contributed by atoms with E-state index in [-0.39, 0.29) is 5.91 Å². The normalized spacial score (nSPS) is 18.2. The van der Waals surface area contributed by atoms with Crippen LogP contribution in [0.25, 0.3) is 10.6 Å². The fraction of sp³-hybridized carbons (Fsp3) is 0.550. The van der Waals surface area contributed by atoms with Gasteiger partial charge in [-0.2, -0.15) is 0 Å². The molecule has 28 heavy (non-hydrogen) atoms. The second-order valence-electron chi connectivity index (χ2n) is 7.20. The molecule has 1 N–H and O–H groups in total. The molecule has 2 fully saturated rings. The topological polar surface area (TPSA) is 70.6 Å². The van der Waals surface area contributed by atoms with Gasteiger partial charge < -0.3 is 19.9 Å². The summed E-state index contributed by atoms with van der Waals surface area (Å²) >= 11 is 1.49. The molecule has 0 radical (unpaired) electrons. The predicted octanol–water partition coefficient (Wildman–Crippen LogP) is 2.26. The molecule has 4 heterocycles. The fourth-order valence-electron chi connectivity index (χ4n) is 3.63. The van der Waals surface area contributed by atoms with E-state index in [1.807, 2.05) is 17.5 Å². The molecule has 0 bridgehead atoms. The van der Waals surface area contributed by atoms with Crippen molar-refractivity contribution in [2.75, 3.05) is 57.4 Å². The SMILES string of the molecule is O=C(NCCN1CCCCC1)c1csc(-c2ccnc(N3CCOCC3)c2)n1. The van der Waals surface area contributed by atoms with Crippen molar-refractivity contribution in [3.63, 3.8) is 0 Å². The minimum Gasteiger partial charge on any atom is -0.378 e. The largest absolute Gasteiger partial charge is 0.378 e. The summed E-state index contributed by atoms with van der Waals surface area (Å²) in [5.41, 5.74) is 1.48. The zero-order chi connectivity index (χ0) is 19.2. The van der Waals surface area contributed by atoms with E-state index < -0.39 is 0 Å². The number of nitrogens with one attached hydrogen (secondary N) is 1. The smallest absolute Gasteiger partial charge is 0.270 e. The molecule has 150 valence electrons. The second-order valence-corrected chi connectivity index (χ2v) is 8.06. The molecule has 4 rings (SSSR count). The maximum atomic E-state index is 12.4. The zero-order valence-electron chi connectivity index (χ0n) is 16.1. The fourth-order valence-corrected chi connectivity index (χ4v) is 4.43. The first-order valence-corrected chi connectivity index (χ1v) is 10.9. The number of anilines is 1. The number of carbonyl (C=O) groups is 1. The minimum atomic E-state index is -0.0954. The Kier molecular flexibility index (Phi) is 6.51. The summed E-state index contributed by atoms with van der Waals surface area (Å²) in [7, 11) is 0. The molecule has 1 amide bonds. The van der Waals surface area contributed by atoms with Crippen molar-refractivity contribution in [1.82, 2.24) is 20.2 Å². The van der Waals surface area contributed by atoms with Crippen LogP contribution in [0.2, 0.25) is 0 Å². The number of piperidine rings is 1. The number of likely N-dealkylation sites (tertiary alicyclic amines) is 1. The first kappa shape index (κ1) is 19.3. The summed E-state index contributed by atoms with van der Waals surface area (Å²) in [6.07, 6.45) is 5.66. The van der Waals surface area contributed by atoms with Gasteiger partial charge in [-0.25, -0.2) is 9.97 Å². The number of hydrogen-bond acceptors (Lipinski definition) is 7. The van der Waals surface area contributed by atoms with E-state index in [9.17, 15) is 4.79 Å². The first-order valence-electron chi connectivity index (χ1n) is 10.0. The minimum absolute atomic E-state index is 0.0954. The molecule has 2 aromatic rings. The number of ether oxygens (including phenoxy) is 1. The summed E-state index contributed by atoms with van der Waals surface area (Å²) in [5.74, 6) is 0.838. The van der Waals surface area contributed by atoms with Gasteiger partial charge in [0.05, 0.1) is 13.2 Å². The highest BCUT2D eigenvalue weighted by molar-refractivity contribution is 7.13. The zero-order valence-corrected chi connectivity index (χ0v) is 16.9. The number of amides is 1. The average Bonchev–Trinajstić information content (AvgIpc) is 3.26. The summed E-state index contributed by atoms with van der Waals surface area (Å²) in [4.78, 5) is 26.1. The van der Waals surface area contributed by atoms with E-state index in [1.54, 1.807) is 6.20 Å². The lowest BCUT2D eigenvalue weighted by molar-refractivity contribution is 0.0942. The molecule has 7 nitrogen and oxygen atoms in total. The van der Waals surface area contributed by atoms with E-state index in [1.165, 1.54) is 30.6 Å². The van der Waals surface area contributed by atoms with Crippen molar-refractivity contribution in [3.05, 3.63) is 29.4 Å². The number of pyridine rings is 1. The van der Waals surface area contributed by atoms with Crippen LogP contribution in [-0.2, 0) is 4.74 Å². The Morgan fingerprint density at radius 1 is 1.18 bits per heavy atom. The second kappa shape index (κ2) is 9.45. The van der Waals surface area contributed by atoms with Crippen LogP contribution in [0.15, 0.2) is 23.7 Å². The molecule has 8 heteroatoms. The van der Waals surface area contributed by atoms with E-state index in [0.29, 0.717) is 12.2 Å². The number of hydrogen-bond donors (Lipinski definition) is 1. The molecule has 2 aliphatic rings. The Morgan fingerprint density at radius 3 is 2.82 bits per heavy atom. The lowest BCUT2D eigenvalue weighted by Crippen LogP contribution is -2.37. The van der Waals surface area contributed by atoms with Gasteiger partial charge in [-0.1, -0.05) is 6.42 Å². The Labute approximate surface area is 169 Å². The van der Waals surface area contributed by atoms with Crippen LogP contribution >= 0.6 is 11.3 Å². The Bertz CT molecular complexity index is 784. The van der Waals surface area contributed by atoms with Gasteiger partial charge in [0.25, 0.3) is 5.91 Å². The summed E-state index contributed by atoms with van der Waals surface area (Å²) in [6, 6.07) is 3.99. The van der Waals surface area contributed by atoms with Crippen molar-refractivity contribution in [2.45, 2.75) is 19.3 Å². The maximum absolute atomic E-state index is 12.4. The van der Waals surface area contributed by atoms with Crippen molar-refractivity contribution >= 4 is 23.1 Å².